The molecule has 0 aromatic heterocycles. The van der Waals surface area contributed by atoms with Gasteiger partial charge >= 0.3 is 0 Å². The molecule has 1 saturated heterocycles. The fourth-order valence-electron chi connectivity index (χ4n) is 2.23. The number of nitrogens with one attached hydrogen (secondary N) is 1. The highest BCUT2D eigenvalue weighted by molar-refractivity contribution is 7.99. The molecule has 0 spiro atoms. The third kappa shape index (κ3) is 6.63. The van der Waals surface area contributed by atoms with E-state index >= 15 is 0 Å². The molecule has 1 fully saturated rings. The van der Waals surface area contributed by atoms with Crippen LogP contribution < -0.4 is 5.32 Å². The fraction of sp³-hybridized carbons (Fsp3) is 0.929. The number of ether oxygens (including phenoxy) is 1. The minimum absolute atomic E-state index is 0.150. The summed E-state index contributed by atoms with van der Waals surface area (Å²) < 4.78 is 5.53. The number of hydrogen-bond acceptors (Lipinski definition) is 4. The zero-order valence-corrected chi connectivity index (χ0v) is 13.5. The first-order valence-corrected chi connectivity index (χ1v) is 8.43. The van der Waals surface area contributed by atoms with Crippen molar-refractivity contribution in [2.45, 2.75) is 38.5 Å². The first-order chi connectivity index (χ1) is 9.02. The summed E-state index contributed by atoms with van der Waals surface area (Å²) in [4.78, 5) is 14.2. The molecule has 0 aromatic carbocycles. The number of rotatable bonds is 7. The van der Waals surface area contributed by atoms with Gasteiger partial charge in [0.05, 0.1) is 19.3 Å². The number of hydrogen-bond donors (Lipinski definition) is 1. The van der Waals surface area contributed by atoms with Crippen LogP contribution in [0.4, 0.5) is 0 Å². The van der Waals surface area contributed by atoms with Gasteiger partial charge in [0, 0.05) is 31.3 Å². The number of carbonyl (C=O) groups is 1. The lowest BCUT2D eigenvalue weighted by molar-refractivity contribution is -0.121. The Morgan fingerprint density at radius 3 is 2.84 bits per heavy atom. The molecule has 1 aliphatic heterocycles. The van der Waals surface area contributed by atoms with Crippen LogP contribution in [0, 0.1) is 5.92 Å². The van der Waals surface area contributed by atoms with Crippen molar-refractivity contribution in [1.29, 1.82) is 0 Å². The van der Waals surface area contributed by atoms with Gasteiger partial charge in [-0.05, 0) is 12.2 Å². The normalized spacial score (nSPS) is 22.5. The van der Waals surface area contributed by atoms with Crippen LogP contribution in [0.3, 0.4) is 0 Å². The van der Waals surface area contributed by atoms with Crippen LogP contribution in [0.1, 0.15) is 27.2 Å². The lowest BCUT2D eigenvalue weighted by atomic mass is 10.1. The molecule has 2 atom stereocenters. The third-order valence-corrected chi connectivity index (χ3v) is 4.33. The highest BCUT2D eigenvalue weighted by Crippen LogP contribution is 2.11. The van der Waals surface area contributed by atoms with Crippen molar-refractivity contribution >= 4 is 17.7 Å². The Balaban J connectivity index is 2.34. The minimum Gasteiger partial charge on any atom is -0.378 e. The van der Waals surface area contributed by atoms with Crippen LogP contribution in [-0.4, -0.2) is 61.2 Å². The Hall–Kier alpha value is -0.260. The summed E-state index contributed by atoms with van der Waals surface area (Å²) in [5.41, 5.74) is 0. The second-order valence-corrected chi connectivity index (χ2v) is 6.95. The van der Waals surface area contributed by atoms with E-state index in [0.717, 1.165) is 26.3 Å². The van der Waals surface area contributed by atoms with Crippen LogP contribution >= 0.6 is 11.8 Å². The number of thioether (sulfide) groups is 1. The molecule has 0 aromatic rings. The van der Waals surface area contributed by atoms with Crippen LogP contribution in [0.5, 0.6) is 0 Å². The molecule has 4 nitrogen and oxygen atoms in total. The van der Waals surface area contributed by atoms with E-state index in [0.29, 0.717) is 30.2 Å². The molecule has 1 rings (SSSR count). The first kappa shape index (κ1) is 16.8. The predicted molar refractivity (Wildman–Crippen MR) is 81.6 cm³/mol. The van der Waals surface area contributed by atoms with Gasteiger partial charge in [-0.3, -0.25) is 9.69 Å². The lowest BCUT2D eigenvalue weighted by Gasteiger charge is -2.36. The molecule has 1 heterocycles. The molecule has 1 aliphatic rings. The number of carbonyl (C=O) groups excluding carboxylic acids is 1. The zero-order valence-electron chi connectivity index (χ0n) is 12.6. The molecule has 0 bridgehead atoms. The Bertz CT molecular complexity index is 274. The van der Waals surface area contributed by atoms with Crippen molar-refractivity contribution in [3.05, 3.63) is 0 Å². The molecule has 0 aliphatic carbocycles. The smallest absolute Gasteiger partial charge is 0.221 e. The quantitative estimate of drug-likeness (QED) is 0.773. The van der Waals surface area contributed by atoms with E-state index in [1.54, 1.807) is 11.8 Å². The largest absolute Gasteiger partial charge is 0.378 e. The third-order valence-electron chi connectivity index (χ3n) is 3.36. The van der Waals surface area contributed by atoms with Gasteiger partial charge in [-0.15, -0.1) is 0 Å². The highest BCUT2D eigenvalue weighted by atomic mass is 32.2. The van der Waals surface area contributed by atoms with E-state index < -0.39 is 0 Å². The summed E-state index contributed by atoms with van der Waals surface area (Å²) in [6.45, 7) is 10.8. The number of nitrogens with zero attached hydrogens (tertiary/aromatic N) is 1. The summed E-state index contributed by atoms with van der Waals surface area (Å²) in [5, 5.41) is 3.43. The molecular weight excluding hydrogens is 260 g/mol. The standard InChI is InChI=1S/C14H28N2O2S/c1-11(2)9-16-5-6-18-10-13(16)8-15-14(17)7-12(3)19-4/h11-13H,5-10H2,1-4H3,(H,15,17). The van der Waals surface area contributed by atoms with Gasteiger partial charge in [-0.25, -0.2) is 0 Å². The van der Waals surface area contributed by atoms with Crippen molar-refractivity contribution in [1.82, 2.24) is 10.2 Å². The Morgan fingerprint density at radius 1 is 1.47 bits per heavy atom. The topological polar surface area (TPSA) is 41.6 Å². The van der Waals surface area contributed by atoms with E-state index in [4.69, 9.17) is 4.74 Å². The van der Waals surface area contributed by atoms with Gasteiger partial charge in [0.1, 0.15) is 0 Å². The Morgan fingerprint density at radius 2 is 2.21 bits per heavy atom. The molecule has 0 radical (unpaired) electrons. The SMILES string of the molecule is CSC(C)CC(=O)NCC1COCCN1CC(C)C. The molecular formula is C14H28N2O2S. The fourth-order valence-corrected chi connectivity index (χ4v) is 2.55. The molecule has 1 amide bonds. The summed E-state index contributed by atoms with van der Waals surface area (Å²) in [6.07, 6.45) is 2.64. The Labute approximate surface area is 121 Å². The van der Waals surface area contributed by atoms with Gasteiger partial charge in [-0.1, -0.05) is 20.8 Å². The molecule has 0 saturated carbocycles. The van der Waals surface area contributed by atoms with Crippen molar-refractivity contribution in [3.63, 3.8) is 0 Å². The summed E-state index contributed by atoms with van der Waals surface area (Å²) >= 11 is 1.73. The minimum atomic E-state index is 0.150. The molecule has 5 heteroatoms. The monoisotopic (exact) mass is 288 g/mol. The van der Waals surface area contributed by atoms with Gasteiger partial charge < -0.3 is 10.1 Å². The lowest BCUT2D eigenvalue weighted by Crippen LogP contribution is -2.52. The summed E-state index contributed by atoms with van der Waals surface area (Å²) in [7, 11) is 0. The second-order valence-electron chi connectivity index (χ2n) is 5.67. The molecule has 1 N–H and O–H groups in total. The maximum absolute atomic E-state index is 11.8. The highest BCUT2D eigenvalue weighted by Gasteiger charge is 2.23. The summed E-state index contributed by atoms with van der Waals surface area (Å²) in [6, 6.07) is 0.324. The zero-order chi connectivity index (χ0) is 14.3. The first-order valence-electron chi connectivity index (χ1n) is 7.14. The second kappa shape index (κ2) is 8.82. The van der Waals surface area contributed by atoms with E-state index in [9.17, 15) is 4.79 Å². The molecule has 2 unspecified atom stereocenters. The van der Waals surface area contributed by atoms with Gasteiger partial charge in [0.25, 0.3) is 0 Å². The average Bonchev–Trinajstić information content (AvgIpc) is 2.37. The van der Waals surface area contributed by atoms with E-state index in [1.165, 1.54) is 0 Å². The molecule has 19 heavy (non-hydrogen) atoms. The van der Waals surface area contributed by atoms with E-state index in [-0.39, 0.29) is 5.91 Å². The van der Waals surface area contributed by atoms with Gasteiger partial charge in [0.2, 0.25) is 5.91 Å². The number of morpholine rings is 1. The van der Waals surface area contributed by atoms with Crippen molar-refractivity contribution in [2.75, 3.05) is 39.1 Å². The number of amides is 1. The van der Waals surface area contributed by atoms with Gasteiger partial charge in [0.15, 0.2) is 0 Å². The van der Waals surface area contributed by atoms with E-state index in [2.05, 4.69) is 31.0 Å². The van der Waals surface area contributed by atoms with Crippen LogP contribution in [-0.2, 0) is 9.53 Å². The van der Waals surface area contributed by atoms with E-state index in [1.807, 2.05) is 6.26 Å². The van der Waals surface area contributed by atoms with Gasteiger partial charge in [-0.2, -0.15) is 11.8 Å². The van der Waals surface area contributed by atoms with Crippen molar-refractivity contribution in [3.8, 4) is 0 Å². The van der Waals surface area contributed by atoms with Crippen LogP contribution in [0.2, 0.25) is 0 Å². The molecule has 112 valence electrons. The van der Waals surface area contributed by atoms with Crippen molar-refractivity contribution in [2.24, 2.45) is 5.92 Å². The maximum atomic E-state index is 11.8. The maximum Gasteiger partial charge on any atom is 0.221 e. The summed E-state index contributed by atoms with van der Waals surface area (Å²) in [5.74, 6) is 0.796. The van der Waals surface area contributed by atoms with Crippen LogP contribution in [0.25, 0.3) is 0 Å². The predicted octanol–water partition coefficient (Wildman–Crippen LogP) is 1.60. The van der Waals surface area contributed by atoms with Crippen molar-refractivity contribution < 1.29 is 9.53 Å². The Kier molecular flexibility index (Phi) is 7.80. The van der Waals surface area contributed by atoms with Crippen LogP contribution in [0.15, 0.2) is 0 Å². The average molecular weight is 288 g/mol.